The maximum atomic E-state index is 12.9. The van der Waals surface area contributed by atoms with Crippen LogP contribution in [0.3, 0.4) is 0 Å². The van der Waals surface area contributed by atoms with E-state index in [1.807, 2.05) is 0 Å². The number of carbonyl (C=O) groups excluding carboxylic acids is 1. The van der Waals surface area contributed by atoms with Gasteiger partial charge in [-0.1, -0.05) is 76.6 Å². The summed E-state index contributed by atoms with van der Waals surface area (Å²) in [7, 11) is 0. The summed E-state index contributed by atoms with van der Waals surface area (Å²) in [4.78, 5) is 33.9. The second-order valence-electron chi connectivity index (χ2n) is 13.5. The number of nitro groups is 2. The molecule has 3 saturated carbocycles. The van der Waals surface area contributed by atoms with E-state index in [0.29, 0.717) is 48.9 Å². The van der Waals surface area contributed by atoms with Crippen molar-refractivity contribution in [3.63, 3.8) is 0 Å². The molecule has 0 saturated heterocycles. The number of hydrogen-bond donors (Lipinski definition) is 0. The van der Waals surface area contributed by atoms with Gasteiger partial charge in [0, 0.05) is 18.6 Å². The lowest BCUT2D eigenvalue weighted by atomic mass is 9.61. The minimum atomic E-state index is -0.798. The largest absolute Gasteiger partial charge is 0.458 e. The number of benzene rings is 1. The average Bonchev–Trinajstić information content (AvgIpc) is 3.33. The van der Waals surface area contributed by atoms with Gasteiger partial charge < -0.3 is 4.74 Å². The Morgan fingerprint density at radius 3 is 2.30 bits per heavy atom. The van der Waals surface area contributed by atoms with E-state index in [-0.39, 0.29) is 11.0 Å². The van der Waals surface area contributed by atoms with Gasteiger partial charge in [0.25, 0.3) is 11.4 Å². The second-order valence-corrected chi connectivity index (χ2v) is 13.5. The first kappa shape index (κ1) is 32.4. The van der Waals surface area contributed by atoms with E-state index in [0.717, 1.165) is 35.8 Å². The minimum Gasteiger partial charge on any atom is -0.458 e. The number of rotatable bonds is 9. The summed E-state index contributed by atoms with van der Waals surface area (Å²) in [5, 5.41) is 22.5. The van der Waals surface area contributed by atoms with Gasteiger partial charge in [-0.25, -0.2) is 4.79 Å². The predicted octanol–water partition coefficient (Wildman–Crippen LogP) is 9.32. The Morgan fingerprint density at radius 1 is 1.00 bits per heavy atom. The van der Waals surface area contributed by atoms with Crippen LogP contribution >= 0.6 is 0 Å². The first-order valence-electron chi connectivity index (χ1n) is 15.7. The van der Waals surface area contributed by atoms with Crippen molar-refractivity contribution in [2.75, 3.05) is 0 Å². The van der Waals surface area contributed by atoms with Gasteiger partial charge in [0.05, 0.1) is 21.5 Å². The fourth-order valence-electron chi connectivity index (χ4n) is 7.47. The molecule has 0 N–H and O–H groups in total. The molecule has 0 radical (unpaired) electrons. The van der Waals surface area contributed by atoms with Gasteiger partial charge in [0.2, 0.25) is 0 Å². The molecule has 0 aromatic heterocycles. The van der Waals surface area contributed by atoms with Crippen molar-refractivity contribution in [3.05, 3.63) is 91.6 Å². The highest BCUT2D eigenvalue weighted by Crippen LogP contribution is 2.59. The third kappa shape index (κ3) is 7.34. The smallest absolute Gasteiger partial charge is 0.338 e. The van der Waals surface area contributed by atoms with Crippen LogP contribution < -0.4 is 0 Å². The maximum Gasteiger partial charge on any atom is 0.338 e. The summed E-state index contributed by atoms with van der Waals surface area (Å²) < 4.78 is 5.70. The average molecular weight is 591 g/mol. The first-order valence-corrected chi connectivity index (χ1v) is 15.7. The Hall–Kier alpha value is -3.55. The maximum absolute atomic E-state index is 12.9. The van der Waals surface area contributed by atoms with Gasteiger partial charge in [-0.05, 0) is 85.5 Å². The molecule has 8 heteroatoms. The van der Waals surface area contributed by atoms with E-state index in [9.17, 15) is 25.0 Å². The van der Waals surface area contributed by atoms with Crippen LogP contribution in [0.2, 0.25) is 0 Å². The Balaban J connectivity index is 1.47. The lowest BCUT2D eigenvalue weighted by molar-refractivity contribution is -0.394. The Labute approximate surface area is 255 Å². The van der Waals surface area contributed by atoms with Gasteiger partial charge >= 0.3 is 5.97 Å². The molecule has 3 fully saturated rings. The highest BCUT2D eigenvalue weighted by molar-refractivity contribution is 5.91. The normalized spacial score (nSPS) is 29.2. The molecule has 0 aliphatic heterocycles. The van der Waals surface area contributed by atoms with Crippen molar-refractivity contribution >= 4 is 17.3 Å². The van der Waals surface area contributed by atoms with E-state index in [1.165, 1.54) is 31.3 Å². The highest BCUT2D eigenvalue weighted by Gasteiger charge is 2.50. The molecule has 3 aliphatic carbocycles. The Kier molecular flexibility index (Phi) is 10.1. The van der Waals surface area contributed by atoms with Crippen LogP contribution in [-0.4, -0.2) is 21.9 Å². The second kappa shape index (κ2) is 13.4. The van der Waals surface area contributed by atoms with Crippen molar-refractivity contribution in [1.82, 2.24) is 0 Å². The topological polar surface area (TPSA) is 113 Å². The van der Waals surface area contributed by atoms with Crippen molar-refractivity contribution in [1.29, 1.82) is 0 Å². The summed E-state index contributed by atoms with van der Waals surface area (Å²) in [5.41, 5.74) is 2.63. The fraction of sp³-hybridized carbons (Fsp3) is 0.571. The lowest BCUT2D eigenvalue weighted by Gasteiger charge is -2.44. The molecule has 3 aliphatic rings. The number of allylic oxidation sites excluding steroid dienone is 6. The molecule has 1 aromatic rings. The van der Waals surface area contributed by atoms with Crippen molar-refractivity contribution < 1.29 is 19.4 Å². The number of esters is 1. The quantitative estimate of drug-likeness (QED) is 0.123. The third-order valence-corrected chi connectivity index (χ3v) is 10.4. The van der Waals surface area contributed by atoms with Crippen LogP contribution in [0.4, 0.5) is 11.4 Å². The molecular formula is C35H46N2O6. The molecule has 0 unspecified atom stereocenters. The van der Waals surface area contributed by atoms with Gasteiger partial charge in [-0.2, -0.15) is 0 Å². The zero-order valence-corrected chi connectivity index (χ0v) is 26.2. The summed E-state index contributed by atoms with van der Waals surface area (Å²) in [6.07, 6.45) is 16.6. The van der Waals surface area contributed by atoms with Crippen LogP contribution in [0.1, 0.15) is 96.3 Å². The number of nitrogens with zero attached hydrogens (tertiary/aromatic N) is 2. The molecule has 0 bridgehead atoms. The summed E-state index contributed by atoms with van der Waals surface area (Å²) >= 11 is 0. The number of nitro benzene ring substituents is 2. The van der Waals surface area contributed by atoms with Crippen molar-refractivity contribution in [2.24, 2.45) is 35.0 Å². The molecule has 1 aromatic carbocycles. The standard InChI is InChI=1S/C35H46N2O6/c1-22(2)23(3)9-10-25(5)32-15-16-33-26(8-7-17-35(32,33)6)12-13-27-20-31(14-11-24(27)4)43-34(38)28-18-29(36(39)40)21-30(19-28)37(41)42/h9-10,12-13,18-19,21-23,25,31-33H,4,7-8,11,14-17,20H2,1-3,5-6H3/b10-9+,26-12+,27-13+/t23-,25+,31+,32-,33-,35+/m1/s1. The summed E-state index contributed by atoms with van der Waals surface area (Å²) in [6, 6.07) is 2.88. The summed E-state index contributed by atoms with van der Waals surface area (Å²) in [5.74, 6) is 2.21. The third-order valence-electron chi connectivity index (χ3n) is 10.4. The van der Waals surface area contributed by atoms with E-state index in [4.69, 9.17) is 4.74 Å². The summed E-state index contributed by atoms with van der Waals surface area (Å²) in [6.45, 7) is 16.0. The van der Waals surface area contributed by atoms with Crippen LogP contribution in [0.25, 0.3) is 0 Å². The number of non-ortho nitro benzene ring substituents is 2. The van der Waals surface area contributed by atoms with E-state index in [2.05, 4.69) is 65.5 Å². The van der Waals surface area contributed by atoms with Crippen LogP contribution in [-0.2, 0) is 4.74 Å². The lowest BCUT2D eigenvalue weighted by Crippen LogP contribution is -2.35. The number of fused-ring (bicyclic) bond motifs is 1. The fourth-order valence-corrected chi connectivity index (χ4v) is 7.47. The van der Waals surface area contributed by atoms with Crippen molar-refractivity contribution in [2.45, 2.75) is 92.1 Å². The van der Waals surface area contributed by atoms with Gasteiger partial charge in [0.1, 0.15) is 6.10 Å². The molecule has 0 heterocycles. The predicted molar refractivity (Wildman–Crippen MR) is 169 cm³/mol. The van der Waals surface area contributed by atoms with E-state index < -0.39 is 33.3 Å². The number of ether oxygens (including phenoxy) is 1. The first-order chi connectivity index (χ1) is 20.3. The molecule has 8 nitrogen and oxygen atoms in total. The number of hydrogen-bond acceptors (Lipinski definition) is 6. The van der Waals surface area contributed by atoms with Gasteiger partial charge in [-0.3, -0.25) is 20.2 Å². The minimum absolute atomic E-state index is 0.196. The zero-order valence-electron chi connectivity index (χ0n) is 26.2. The monoisotopic (exact) mass is 590 g/mol. The number of carbonyl (C=O) groups is 1. The molecule has 6 atom stereocenters. The molecule has 232 valence electrons. The van der Waals surface area contributed by atoms with Crippen LogP contribution in [0, 0.1) is 55.2 Å². The Bertz CT molecular complexity index is 1330. The molecule has 4 rings (SSSR count). The Morgan fingerprint density at radius 2 is 1.67 bits per heavy atom. The van der Waals surface area contributed by atoms with Gasteiger partial charge in [0.15, 0.2) is 0 Å². The molecular weight excluding hydrogens is 544 g/mol. The SMILES string of the molecule is C=C1CC[C@H](OC(=O)c2cc([N+](=O)[O-])cc([N+](=O)[O-])c2)C/C1=C\C=C1/CCC[C@]2(C)[C@@H]1CC[C@@H]2[C@@H](C)/C=C/[C@@H](C)C(C)C. The highest BCUT2D eigenvalue weighted by atomic mass is 16.6. The molecule has 0 amide bonds. The van der Waals surface area contributed by atoms with Crippen molar-refractivity contribution in [3.8, 4) is 0 Å². The zero-order chi connectivity index (χ0) is 31.5. The molecule has 43 heavy (non-hydrogen) atoms. The van der Waals surface area contributed by atoms with Crippen LogP contribution in [0.5, 0.6) is 0 Å². The molecule has 0 spiro atoms. The van der Waals surface area contributed by atoms with Crippen LogP contribution in [0.15, 0.2) is 65.8 Å². The van der Waals surface area contributed by atoms with E-state index in [1.54, 1.807) is 0 Å². The van der Waals surface area contributed by atoms with E-state index >= 15 is 0 Å². The van der Waals surface area contributed by atoms with Gasteiger partial charge in [-0.15, -0.1) is 0 Å².